The Morgan fingerprint density at radius 3 is 0.913 bits per heavy atom. The minimum Gasteiger partial charge on any atom is -0.362 e. The van der Waals surface area contributed by atoms with Gasteiger partial charge in [0.1, 0.15) is 71.6 Å². The lowest BCUT2D eigenvalue weighted by atomic mass is 8.64. The van der Waals surface area contributed by atoms with Crippen LogP contribution in [0.1, 0.15) is 117 Å². The zero-order valence-electron chi connectivity index (χ0n) is 84.9. The highest BCUT2D eigenvalue weighted by molar-refractivity contribution is 7.97. The third-order valence-corrected chi connectivity index (χ3v) is 26.6. The van der Waals surface area contributed by atoms with Crippen LogP contribution in [0.4, 0.5) is 0 Å². The first-order valence-corrected chi connectivity index (χ1v) is 47.9. The Bertz CT molecular complexity index is 4600. The van der Waals surface area contributed by atoms with Gasteiger partial charge in [0.05, 0.1) is 6.17 Å². The normalized spacial score (nSPS) is 19.1. The van der Waals surface area contributed by atoms with Gasteiger partial charge < -0.3 is 9.80 Å². The van der Waals surface area contributed by atoms with Gasteiger partial charge in [-0.05, 0) is 66.5 Å². The topological polar surface area (TPSA) is 25.9 Å². The molecular formula is C71H94B60N7+5. The quantitative estimate of drug-likeness (QED) is 0.0399. The maximum Gasteiger partial charge on any atom is 0.183 e. The van der Waals surface area contributed by atoms with Crippen molar-refractivity contribution in [1.82, 2.24) is 9.80 Å². The van der Waals surface area contributed by atoms with Gasteiger partial charge in [-0.2, -0.15) is 0 Å². The van der Waals surface area contributed by atoms with Crippen LogP contribution < -0.4 is 22.8 Å². The van der Waals surface area contributed by atoms with Gasteiger partial charge >= 0.3 is 0 Å². The highest BCUT2D eigenvalue weighted by Crippen LogP contribution is 2.46. The number of hydrogen-bond donors (Lipinski definition) is 0. The van der Waals surface area contributed by atoms with Crippen molar-refractivity contribution in [2.24, 2.45) is 35.2 Å². The molecule has 8 aromatic rings. The molecule has 0 saturated carbocycles. The molecule has 12 heterocycles. The van der Waals surface area contributed by atoms with E-state index in [0.29, 0.717) is 6.17 Å². The molecule has 0 spiro atoms. The number of aromatic nitrogens is 5. The SMILES string of the molecule is CC1BC1N1C=CN(C)[C@@H]1C.CC1BC1c1c2ccccc2cc[n+]1C.CC1BC1c1cc(-c2ccccc2)cc[n+]1C.CC1BC1c1ccc(-c2ccccc2)c[n+]1C.CC1BC1c1cccc[n+]1C.Cc1cc(C2BC2C)[n+](C)cc1C.[B][B]B(B([B])[B])B([B])[B].[B][B]B(B([B])[B])B([B])[B].[B][B]B(B([B])[B])B([B])[B].[B][B]B(B([B])[B])B([B])[B].[B][B]B(B([B])[B])B([B])[B].[B][B]B(B([B])[B])B([B])[B]. The summed E-state index contributed by atoms with van der Waals surface area (Å²) in [7, 11) is 186. The molecule has 7 aliphatic rings. The molecule has 0 bridgehead atoms. The number of rotatable bonds is 26. The van der Waals surface area contributed by atoms with Crippen molar-refractivity contribution in [2.45, 2.75) is 138 Å². The second-order valence-electron chi connectivity index (χ2n) is 38.4. The average molecular weight is 1690 g/mol. The summed E-state index contributed by atoms with van der Waals surface area (Å²) in [6.07, 6.45) is 7.16. The van der Waals surface area contributed by atoms with Crippen molar-refractivity contribution in [3.8, 4) is 22.3 Å². The first kappa shape index (κ1) is 127. The van der Waals surface area contributed by atoms with Crippen molar-refractivity contribution < 1.29 is 22.8 Å². The molecule has 588 valence electrons. The van der Waals surface area contributed by atoms with Crippen LogP contribution in [-0.2, 0) is 35.2 Å². The molecule has 0 amide bonds. The number of hydrogen-bond acceptors (Lipinski definition) is 2. The van der Waals surface area contributed by atoms with E-state index in [2.05, 4.69) is 320 Å². The van der Waals surface area contributed by atoms with Gasteiger partial charge in [0, 0.05) is 497 Å². The van der Waals surface area contributed by atoms with E-state index in [1.54, 1.807) is 0 Å². The lowest BCUT2D eigenvalue weighted by Gasteiger charge is -2.27. The average Bonchev–Trinajstić information content (AvgIpc) is 1.62. The van der Waals surface area contributed by atoms with Crippen molar-refractivity contribution in [3.05, 3.63) is 223 Å². The molecule has 13 atom stereocenters. The van der Waals surface area contributed by atoms with E-state index in [-0.39, 0.29) is 38.3 Å². The summed E-state index contributed by atoms with van der Waals surface area (Å²) >= 11 is 0. The van der Waals surface area contributed by atoms with Crippen LogP contribution in [0.15, 0.2) is 183 Å². The van der Waals surface area contributed by atoms with Crippen LogP contribution >= 0.6 is 0 Å². The van der Waals surface area contributed by atoms with Gasteiger partial charge in [-0.15, -0.1) is 0 Å². The van der Waals surface area contributed by atoms with Crippen LogP contribution in [0, 0.1) is 13.8 Å². The smallest absolute Gasteiger partial charge is 0.183 e. The minimum absolute atomic E-state index is 0.315. The number of fused-ring (bicyclic) bond motifs is 1. The van der Waals surface area contributed by atoms with E-state index in [1.807, 2.05) is 0 Å². The Hall–Kier alpha value is -3.09. The van der Waals surface area contributed by atoms with Crippen LogP contribution in [0.2, 0.25) is 34.9 Å². The standard InChI is InChI=1S/2C15H17BN.C13H15BN.C11H17BN.C9H13BN.C8H15BN2.6B9/c1-11-15(16-11)14-10-13(8-9-17(14)2)12-6-4-3-5-7-12;1-11-15(16-11)14-9-8-13(10-17(14)2)12-6-4-3-5-7-12;1-9-12(14-9)13-11-6-4-3-5-10(11)7-8-15(13)2;1-7-5-10(11-9(3)12-11)13(4)6-8(7)2;1-7-9(10-7)8-5-3-4-6-11(8)2;1-6-8(9-6)11-5-4-10(3)7(11)2;6*1-6-9(7(2)3)8(4)5/h2*3-11,15-16H,1-2H3;3-9,12,14H,1-2H3;5-6,9,11-12H,1-4H3;3-7,9-10H,1-2H3;4-9H,1-3H3;;;;;;/q5*+1;;;;;;;/t;;;;;6?,7-,8?;;;;;;/m.....0....../s1. The highest BCUT2D eigenvalue weighted by atomic mass is 15.4. The van der Waals surface area contributed by atoms with Gasteiger partial charge in [0.25, 0.3) is 0 Å². The fourth-order valence-corrected chi connectivity index (χ4v) is 16.0. The largest absolute Gasteiger partial charge is 0.362 e. The zero-order chi connectivity index (χ0) is 104. The molecule has 67 heteroatoms. The first-order valence-electron chi connectivity index (χ1n) is 47.9. The third kappa shape index (κ3) is 43.4. The molecule has 138 heavy (non-hydrogen) atoms. The summed E-state index contributed by atoms with van der Waals surface area (Å²) in [5, 5.41) is 2.79. The molecule has 7 nitrogen and oxygen atoms in total. The van der Waals surface area contributed by atoms with E-state index in [0.717, 1.165) is 69.9 Å². The minimum atomic E-state index is -0.574. The van der Waals surface area contributed by atoms with Crippen molar-refractivity contribution in [3.63, 3.8) is 0 Å². The maximum absolute atomic E-state index is 5.25. The van der Waals surface area contributed by atoms with Crippen LogP contribution in [0.25, 0.3) is 33.0 Å². The number of aryl methyl sites for hydroxylation is 7. The molecular weight excluding hydrogens is 1600 g/mol. The highest BCUT2D eigenvalue weighted by Gasteiger charge is 2.46. The van der Waals surface area contributed by atoms with Crippen molar-refractivity contribution in [2.75, 3.05) is 7.05 Å². The Balaban J connectivity index is 0.000000317. The molecule has 5 aromatic heterocycles. The summed E-state index contributed by atoms with van der Waals surface area (Å²) in [5.41, 5.74) is 15.5. The fourth-order valence-electron chi connectivity index (χ4n) is 16.0. The lowest BCUT2D eigenvalue weighted by molar-refractivity contribution is -0.679. The summed E-state index contributed by atoms with van der Waals surface area (Å²) in [4.78, 5) is 4.72. The van der Waals surface area contributed by atoms with Crippen LogP contribution in [0.5, 0.6) is 0 Å². The predicted molar refractivity (Wildman–Crippen MR) is 672 cm³/mol. The van der Waals surface area contributed by atoms with E-state index in [9.17, 15) is 0 Å². The van der Waals surface area contributed by atoms with Gasteiger partial charge in [-0.3, -0.25) is 0 Å². The number of benzene rings is 3. The van der Waals surface area contributed by atoms with Crippen molar-refractivity contribution in [1.29, 1.82) is 0 Å². The summed E-state index contributed by atoms with van der Waals surface area (Å²) in [5.74, 6) is 10.1. The molecule has 15 rings (SSSR count). The Morgan fingerprint density at radius 2 is 0.594 bits per heavy atom. The summed E-state index contributed by atoms with van der Waals surface area (Å²) < 4.78 is 11.4. The molecule has 7 aliphatic heterocycles. The van der Waals surface area contributed by atoms with Gasteiger partial charge in [-0.25, -0.2) is 22.8 Å². The van der Waals surface area contributed by atoms with Crippen LogP contribution in [0.3, 0.4) is 0 Å². The Morgan fingerprint density at radius 1 is 0.283 bits per heavy atom. The lowest BCUT2D eigenvalue weighted by Crippen LogP contribution is -2.55. The van der Waals surface area contributed by atoms with E-state index in [4.69, 9.17) is 232 Å². The molecule has 3 aromatic carbocycles. The number of nitrogens with zero attached hydrogens (tertiary/aromatic N) is 7. The molecule has 12 unspecified atom stereocenters. The summed E-state index contributed by atoms with van der Waals surface area (Å²) in [6, 6.07) is 49.9. The van der Waals surface area contributed by atoms with E-state index < -0.39 is 76.6 Å². The second kappa shape index (κ2) is 64.2. The first-order chi connectivity index (χ1) is 64.9. The van der Waals surface area contributed by atoms with Gasteiger partial charge in [-0.1, -0.05) is 161 Å². The second-order valence-corrected chi connectivity index (χ2v) is 38.4. The Kier molecular flexibility index (Phi) is 59.2. The number of pyridine rings is 5. The summed E-state index contributed by atoms with van der Waals surface area (Å²) in [6.45, 7) is 20.6. The van der Waals surface area contributed by atoms with Crippen molar-refractivity contribution >= 4 is 444 Å². The third-order valence-electron chi connectivity index (χ3n) is 26.6. The zero-order valence-corrected chi connectivity index (χ0v) is 84.9. The fraction of sp³-hybridized carbons (Fsp3) is 0.394. The predicted octanol–water partition coefficient (Wildman–Crippen LogP) is -10.8. The van der Waals surface area contributed by atoms with Gasteiger partial charge in [0.15, 0.2) is 66.7 Å². The molecule has 0 N–H and O–H groups in total. The maximum atomic E-state index is 5.25. The van der Waals surface area contributed by atoms with Crippen LogP contribution in [-0.4, -0.2) is 462 Å². The van der Waals surface area contributed by atoms with E-state index in [1.165, 1.54) is 159 Å². The molecule has 6 saturated heterocycles. The molecule has 0 aliphatic carbocycles. The molecule has 6 fully saturated rings. The Labute approximate surface area is 894 Å². The van der Waals surface area contributed by atoms with Gasteiger partial charge in [0.2, 0.25) is 0 Å². The van der Waals surface area contributed by atoms with E-state index >= 15 is 0 Å². The molecule has 66 radical (unpaired) electrons. The monoisotopic (exact) mass is 1710 g/mol.